The van der Waals surface area contributed by atoms with Crippen LogP contribution in [0.5, 0.6) is 0 Å². The summed E-state index contributed by atoms with van der Waals surface area (Å²) in [5, 5.41) is 3.33. The number of hydrogen-bond acceptors (Lipinski definition) is 4. The molecule has 0 aromatic heterocycles. The Labute approximate surface area is 228 Å². The van der Waals surface area contributed by atoms with Crippen LogP contribution in [-0.4, -0.2) is 44.3 Å². The van der Waals surface area contributed by atoms with E-state index in [1.807, 2.05) is 6.92 Å². The summed E-state index contributed by atoms with van der Waals surface area (Å²) in [5.74, 6) is -1.79. The second kappa shape index (κ2) is 13.4. The lowest BCUT2D eigenvalue weighted by Gasteiger charge is -2.33. The van der Waals surface area contributed by atoms with E-state index < -0.39 is 34.3 Å². The predicted molar refractivity (Wildman–Crippen MR) is 147 cm³/mol. The first-order valence-electron chi connectivity index (χ1n) is 12.3. The maximum atomic E-state index is 14.9. The zero-order valence-electron chi connectivity index (χ0n) is 21.3. The van der Waals surface area contributed by atoms with Gasteiger partial charge in [0.1, 0.15) is 18.4 Å². The van der Waals surface area contributed by atoms with Gasteiger partial charge < -0.3 is 10.2 Å². The molecule has 2 amide bonds. The average molecular weight is 560 g/mol. The van der Waals surface area contributed by atoms with Gasteiger partial charge in [-0.3, -0.25) is 13.9 Å². The molecule has 10 heteroatoms. The minimum atomic E-state index is -4.32. The Morgan fingerprint density at radius 3 is 2.18 bits per heavy atom. The van der Waals surface area contributed by atoms with Crippen LogP contribution in [0, 0.1) is 5.82 Å². The Hall–Kier alpha value is -3.43. The summed E-state index contributed by atoms with van der Waals surface area (Å²) < 4.78 is 43.0. The lowest BCUT2D eigenvalue weighted by atomic mass is 10.1. The van der Waals surface area contributed by atoms with Gasteiger partial charge in [0.2, 0.25) is 11.8 Å². The first-order chi connectivity index (χ1) is 18.2. The second-order valence-corrected chi connectivity index (χ2v) is 10.9. The molecule has 0 bridgehead atoms. The van der Waals surface area contributed by atoms with Crippen molar-refractivity contribution in [2.75, 3.05) is 17.4 Å². The standard InChI is InChI=1S/C28H31ClFN3O4S/c1-3-18-31-28(35)25(4-2)32(19-21-14-16-22(29)17-15-21)27(34)20-33(26-13-9-8-12-24(26)30)38(36,37)23-10-6-5-7-11-23/h5-17,25H,3-4,18-20H2,1-2H3,(H,31,35). The number of halogens is 2. The number of anilines is 1. The van der Waals surface area contributed by atoms with Crippen molar-refractivity contribution in [3.63, 3.8) is 0 Å². The van der Waals surface area contributed by atoms with E-state index in [0.717, 1.165) is 10.4 Å². The van der Waals surface area contributed by atoms with E-state index in [0.29, 0.717) is 30.0 Å². The number of carbonyl (C=O) groups is 2. The Morgan fingerprint density at radius 2 is 1.58 bits per heavy atom. The summed E-state index contributed by atoms with van der Waals surface area (Å²) >= 11 is 6.01. The molecule has 202 valence electrons. The molecule has 0 aliphatic carbocycles. The molecule has 0 saturated carbocycles. The maximum absolute atomic E-state index is 14.9. The van der Waals surface area contributed by atoms with Crippen LogP contribution in [-0.2, 0) is 26.2 Å². The summed E-state index contributed by atoms with van der Waals surface area (Å²) in [5.41, 5.74) is 0.437. The quantitative estimate of drug-likeness (QED) is 0.338. The largest absolute Gasteiger partial charge is 0.354 e. The molecule has 0 aliphatic heterocycles. The van der Waals surface area contributed by atoms with E-state index in [-0.39, 0.29) is 23.0 Å². The second-order valence-electron chi connectivity index (χ2n) is 8.64. The van der Waals surface area contributed by atoms with Crippen LogP contribution in [0.2, 0.25) is 5.02 Å². The van der Waals surface area contributed by atoms with Crippen molar-refractivity contribution in [3.8, 4) is 0 Å². The third-order valence-corrected chi connectivity index (χ3v) is 7.96. The van der Waals surface area contributed by atoms with Crippen LogP contribution < -0.4 is 9.62 Å². The minimum absolute atomic E-state index is 0.0323. The highest BCUT2D eigenvalue weighted by Crippen LogP contribution is 2.27. The van der Waals surface area contributed by atoms with Crippen molar-refractivity contribution in [3.05, 3.63) is 95.3 Å². The van der Waals surface area contributed by atoms with Crippen LogP contribution >= 0.6 is 11.6 Å². The number of carbonyl (C=O) groups excluding carboxylic acids is 2. The van der Waals surface area contributed by atoms with Gasteiger partial charge in [0.25, 0.3) is 10.0 Å². The van der Waals surface area contributed by atoms with E-state index in [2.05, 4.69) is 5.32 Å². The molecule has 0 saturated heterocycles. The third kappa shape index (κ3) is 7.11. The van der Waals surface area contributed by atoms with Crippen LogP contribution in [0.1, 0.15) is 32.3 Å². The summed E-state index contributed by atoms with van der Waals surface area (Å²) in [6.45, 7) is 3.45. The molecule has 1 unspecified atom stereocenters. The molecular formula is C28H31ClFN3O4S. The zero-order valence-corrected chi connectivity index (χ0v) is 22.9. The molecule has 0 aliphatic rings. The lowest BCUT2D eigenvalue weighted by Crippen LogP contribution is -2.52. The van der Waals surface area contributed by atoms with E-state index in [9.17, 15) is 22.4 Å². The Morgan fingerprint density at radius 1 is 0.947 bits per heavy atom. The van der Waals surface area contributed by atoms with Gasteiger partial charge in [-0.15, -0.1) is 0 Å². The van der Waals surface area contributed by atoms with Crippen molar-refractivity contribution in [1.82, 2.24) is 10.2 Å². The van der Waals surface area contributed by atoms with Gasteiger partial charge in [-0.05, 0) is 54.8 Å². The van der Waals surface area contributed by atoms with Crippen LogP contribution in [0.4, 0.5) is 10.1 Å². The summed E-state index contributed by atoms with van der Waals surface area (Å²) in [6, 6.07) is 18.8. The maximum Gasteiger partial charge on any atom is 0.264 e. The number of sulfonamides is 1. The van der Waals surface area contributed by atoms with Gasteiger partial charge >= 0.3 is 0 Å². The van der Waals surface area contributed by atoms with E-state index >= 15 is 0 Å². The molecule has 0 heterocycles. The molecule has 0 spiro atoms. The molecule has 1 atom stereocenters. The molecular weight excluding hydrogens is 529 g/mol. The number of amides is 2. The molecule has 0 fully saturated rings. The van der Waals surface area contributed by atoms with E-state index in [4.69, 9.17) is 11.6 Å². The summed E-state index contributed by atoms with van der Waals surface area (Å²) in [6.07, 6.45) is 1.00. The molecule has 3 aromatic carbocycles. The topological polar surface area (TPSA) is 86.8 Å². The van der Waals surface area contributed by atoms with E-state index in [1.165, 1.54) is 35.2 Å². The summed E-state index contributed by atoms with van der Waals surface area (Å²) in [4.78, 5) is 28.1. The zero-order chi connectivity index (χ0) is 27.7. The van der Waals surface area contributed by atoms with Crippen molar-refractivity contribution < 1.29 is 22.4 Å². The van der Waals surface area contributed by atoms with Crippen molar-refractivity contribution in [2.45, 2.75) is 44.2 Å². The SMILES string of the molecule is CCCNC(=O)C(CC)N(Cc1ccc(Cl)cc1)C(=O)CN(c1ccccc1F)S(=O)(=O)c1ccccc1. The Bertz CT molecular complexity index is 1340. The fourth-order valence-corrected chi connectivity index (χ4v) is 5.53. The Kier molecular flexibility index (Phi) is 10.3. The number of rotatable bonds is 12. The lowest BCUT2D eigenvalue weighted by molar-refractivity contribution is -0.140. The minimum Gasteiger partial charge on any atom is -0.354 e. The van der Waals surface area contributed by atoms with Gasteiger partial charge in [-0.1, -0.05) is 67.9 Å². The first kappa shape index (κ1) is 29.1. The number of benzene rings is 3. The van der Waals surface area contributed by atoms with Crippen LogP contribution in [0.3, 0.4) is 0 Å². The number of para-hydroxylation sites is 1. The van der Waals surface area contributed by atoms with Crippen LogP contribution in [0.25, 0.3) is 0 Å². The number of hydrogen-bond donors (Lipinski definition) is 1. The third-order valence-electron chi connectivity index (χ3n) is 5.93. The smallest absolute Gasteiger partial charge is 0.264 e. The first-order valence-corrected chi connectivity index (χ1v) is 14.1. The molecule has 1 N–H and O–H groups in total. The van der Waals surface area contributed by atoms with Crippen LogP contribution in [0.15, 0.2) is 83.8 Å². The highest BCUT2D eigenvalue weighted by molar-refractivity contribution is 7.92. The molecule has 3 rings (SSSR count). The molecule has 0 radical (unpaired) electrons. The van der Waals surface area contributed by atoms with Gasteiger partial charge in [0.05, 0.1) is 10.6 Å². The monoisotopic (exact) mass is 559 g/mol. The van der Waals surface area contributed by atoms with E-state index in [1.54, 1.807) is 49.4 Å². The highest BCUT2D eigenvalue weighted by atomic mass is 35.5. The molecule has 38 heavy (non-hydrogen) atoms. The summed E-state index contributed by atoms with van der Waals surface area (Å²) in [7, 11) is -4.32. The van der Waals surface area contributed by atoms with Gasteiger partial charge in [0, 0.05) is 18.1 Å². The number of nitrogens with zero attached hydrogens (tertiary/aromatic N) is 2. The van der Waals surface area contributed by atoms with Gasteiger partial charge in [-0.2, -0.15) is 0 Å². The van der Waals surface area contributed by atoms with Gasteiger partial charge in [0.15, 0.2) is 0 Å². The average Bonchev–Trinajstić information content (AvgIpc) is 2.92. The van der Waals surface area contributed by atoms with Crippen molar-refractivity contribution in [2.24, 2.45) is 0 Å². The number of nitrogens with one attached hydrogen (secondary N) is 1. The normalized spacial score (nSPS) is 12.0. The fourth-order valence-electron chi connectivity index (χ4n) is 3.96. The Balaban J connectivity index is 2.04. The van der Waals surface area contributed by atoms with Crippen molar-refractivity contribution in [1.29, 1.82) is 0 Å². The van der Waals surface area contributed by atoms with Crippen molar-refractivity contribution >= 4 is 39.1 Å². The predicted octanol–water partition coefficient (Wildman–Crippen LogP) is 5.01. The molecule has 3 aromatic rings. The van der Waals surface area contributed by atoms with Gasteiger partial charge in [-0.25, -0.2) is 12.8 Å². The molecule has 7 nitrogen and oxygen atoms in total. The highest BCUT2D eigenvalue weighted by Gasteiger charge is 2.34. The fraction of sp³-hybridized carbons (Fsp3) is 0.286.